The molecule has 1 heterocycles. The van der Waals surface area contributed by atoms with Crippen LogP contribution in [0.2, 0.25) is 0 Å². The number of nitrogens with one attached hydrogen (secondary N) is 1. The van der Waals surface area contributed by atoms with E-state index in [1.54, 1.807) is 38.1 Å². The van der Waals surface area contributed by atoms with E-state index >= 15 is 0 Å². The molecule has 3 atom stereocenters. The molecule has 1 aliphatic heterocycles. The quantitative estimate of drug-likeness (QED) is 0.555. The van der Waals surface area contributed by atoms with Crippen molar-refractivity contribution < 1.29 is 28.6 Å². The zero-order valence-corrected chi connectivity index (χ0v) is 19.2. The first kappa shape index (κ1) is 24.3. The zero-order chi connectivity index (χ0) is 24.3. The molecule has 1 saturated heterocycles. The number of hydrogen-bond acceptors (Lipinski definition) is 5. The second kappa shape index (κ2) is 9.67. The summed E-state index contributed by atoms with van der Waals surface area (Å²) >= 11 is 0. The van der Waals surface area contributed by atoms with Crippen LogP contribution in [-0.2, 0) is 4.79 Å². The molecule has 1 fully saturated rings. The minimum atomic E-state index is -1.49. The number of halogens is 1. The Bertz CT molecular complexity index is 1130. The lowest BCUT2D eigenvalue weighted by molar-refractivity contribution is -0.123. The summed E-state index contributed by atoms with van der Waals surface area (Å²) in [5.74, 6) is 4.92. The van der Waals surface area contributed by atoms with Gasteiger partial charge >= 0.3 is 0 Å². The third kappa shape index (κ3) is 5.37. The van der Waals surface area contributed by atoms with E-state index in [1.807, 2.05) is 6.92 Å². The molecule has 33 heavy (non-hydrogen) atoms. The second-order valence-corrected chi connectivity index (χ2v) is 8.61. The maximum Gasteiger partial charge on any atom is 0.255 e. The lowest BCUT2D eigenvalue weighted by Gasteiger charge is -2.19. The summed E-state index contributed by atoms with van der Waals surface area (Å²) in [6.45, 7) is 5.25. The molecule has 0 saturated carbocycles. The Balaban J connectivity index is 1.95. The highest BCUT2D eigenvalue weighted by atomic mass is 19.1. The molecule has 176 valence electrons. The van der Waals surface area contributed by atoms with E-state index in [2.05, 4.69) is 17.2 Å². The van der Waals surface area contributed by atoms with Gasteiger partial charge in [0.05, 0.1) is 19.3 Å². The number of methoxy groups -OCH3 is 1. The van der Waals surface area contributed by atoms with Crippen molar-refractivity contribution in [3.8, 4) is 23.3 Å². The standard InChI is InChI=1S/C25H29FN2O5/c1-5-15-19(28-24(30)22(15)26)9-11-33-20-7-6-14(8-10-25(2,3)31)16-12-18(23(27)29)21(32-4)13-17(16)20/h6-7,12-13,15,19,22,31H,5,9,11H2,1-4H3,(H2,27,29)(H,28,30)/t15-,19+,22-/m0/s1. The Morgan fingerprint density at radius 2 is 2.00 bits per heavy atom. The van der Waals surface area contributed by atoms with Gasteiger partial charge in [-0.15, -0.1) is 0 Å². The van der Waals surface area contributed by atoms with Crippen molar-refractivity contribution in [3.63, 3.8) is 0 Å². The Morgan fingerprint density at radius 1 is 1.27 bits per heavy atom. The lowest BCUT2D eigenvalue weighted by atomic mass is 9.94. The highest BCUT2D eigenvalue weighted by Gasteiger charge is 2.41. The van der Waals surface area contributed by atoms with Crippen LogP contribution in [0.15, 0.2) is 24.3 Å². The highest BCUT2D eigenvalue weighted by molar-refractivity contribution is 6.03. The monoisotopic (exact) mass is 456 g/mol. The number of aliphatic hydroxyl groups is 1. The summed E-state index contributed by atoms with van der Waals surface area (Å²) in [7, 11) is 1.44. The Morgan fingerprint density at radius 3 is 2.61 bits per heavy atom. The van der Waals surface area contributed by atoms with Gasteiger partial charge < -0.3 is 25.6 Å². The van der Waals surface area contributed by atoms with Crippen LogP contribution in [0.25, 0.3) is 10.8 Å². The van der Waals surface area contributed by atoms with Crippen molar-refractivity contribution >= 4 is 22.6 Å². The number of carbonyl (C=O) groups is 2. The van der Waals surface area contributed by atoms with Gasteiger partial charge in [0, 0.05) is 34.7 Å². The molecule has 8 heteroatoms. The van der Waals surface area contributed by atoms with E-state index < -0.39 is 23.6 Å². The molecule has 0 aliphatic carbocycles. The summed E-state index contributed by atoms with van der Waals surface area (Å²) in [5.41, 5.74) is 5.10. The second-order valence-electron chi connectivity index (χ2n) is 8.61. The van der Waals surface area contributed by atoms with Gasteiger partial charge in [-0.3, -0.25) is 9.59 Å². The maximum atomic E-state index is 14.0. The molecule has 3 rings (SSSR count). The minimum absolute atomic E-state index is 0.196. The number of benzene rings is 2. The molecular weight excluding hydrogens is 427 g/mol. The number of hydrogen-bond donors (Lipinski definition) is 3. The summed E-state index contributed by atoms with van der Waals surface area (Å²) in [6, 6.07) is 6.43. The Labute approximate surface area is 192 Å². The molecule has 0 bridgehead atoms. The molecule has 2 aromatic rings. The summed E-state index contributed by atoms with van der Waals surface area (Å²) in [5, 5.41) is 13.9. The van der Waals surface area contributed by atoms with Crippen molar-refractivity contribution in [3.05, 3.63) is 35.4 Å². The third-order valence-electron chi connectivity index (χ3n) is 5.69. The van der Waals surface area contributed by atoms with Gasteiger partial charge in [0.25, 0.3) is 11.8 Å². The zero-order valence-electron chi connectivity index (χ0n) is 19.2. The predicted octanol–water partition coefficient (Wildman–Crippen LogP) is 2.70. The van der Waals surface area contributed by atoms with Crippen molar-refractivity contribution in [2.45, 2.75) is 51.4 Å². The molecule has 0 spiro atoms. The summed E-state index contributed by atoms with van der Waals surface area (Å²) in [4.78, 5) is 23.6. The molecule has 4 N–H and O–H groups in total. The van der Waals surface area contributed by atoms with Gasteiger partial charge in [0.1, 0.15) is 17.1 Å². The van der Waals surface area contributed by atoms with Crippen LogP contribution >= 0.6 is 0 Å². The molecule has 0 unspecified atom stereocenters. The number of amides is 2. The van der Waals surface area contributed by atoms with Gasteiger partial charge in [-0.25, -0.2) is 4.39 Å². The Hall–Kier alpha value is -3.31. The fraction of sp³-hybridized carbons (Fsp3) is 0.440. The van der Waals surface area contributed by atoms with Crippen molar-refractivity contribution in [1.82, 2.24) is 5.32 Å². The Kier molecular flexibility index (Phi) is 7.13. The maximum absolute atomic E-state index is 14.0. The van der Waals surface area contributed by atoms with Gasteiger partial charge in [0.2, 0.25) is 0 Å². The van der Waals surface area contributed by atoms with E-state index in [1.165, 1.54) is 7.11 Å². The highest BCUT2D eigenvalue weighted by Crippen LogP contribution is 2.35. The van der Waals surface area contributed by atoms with Gasteiger partial charge in [-0.05, 0) is 44.5 Å². The number of ether oxygens (including phenoxy) is 2. The van der Waals surface area contributed by atoms with E-state index in [-0.39, 0.29) is 24.1 Å². The molecule has 2 amide bonds. The third-order valence-corrected chi connectivity index (χ3v) is 5.69. The van der Waals surface area contributed by atoms with E-state index in [9.17, 15) is 19.1 Å². The summed E-state index contributed by atoms with van der Waals surface area (Å²) < 4.78 is 25.4. The molecule has 0 aromatic heterocycles. The van der Waals surface area contributed by atoms with Crippen molar-refractivity contribution in [1.29, 1.82) is 0 Å². The topological polar surface area (TPSA) is 111 Å². The van der Waals surface area contributed by atoms with Crippen molar-refractivity contribution in [2.75, 3.05) is 13.7 Å². The van der Waals surface area contributed by atoms with Gasteiger partial charge in [-0.2, -0.15) is 0 Å². The summed E-state index contributed by atoms with van der Waals surface area (Å²) in [6.07, 6.45) is -0.496. The van der Waals surface area contributed by atoms with Crippen LogP contribution in [0, 0.1) is 17.8 Å². The van der Waals surface area contributed by atoms with E-state index in [0.717, 1.165) is 0 Å². The normalized spacial score (nSPS) is 20.2. The number of carbonyl (C=O) groups excluding carboxylic acids is 2. The van der Waals surface area contributed by atoms with E-state index in [0.29, 0.717) is 40.7 Å². The first-order chi connectivity index (χ1) is 15.6. The number of primary amides is 1. The largest absolute Gasteiger partial charge is 0.496 e. The molecule has 1 aliphatic rings. The van der Waals surface area contributed by atoms with Crippen LogP contribution in [-0.4, -0.2) is 48.5 Å². The fourth-order valence-corrected chi connectivity index (χ4v) is 4.00. The van der Waals surface area contributed by atoms with Crippen LogP contribution in [0.4, 0.5) is 4.39 Å². The first-order valence-electron chi connectivity index (χ1n) is 10.8. The molecule has 0 radical (unpaired) electrons. The van der Waals surface area contributed by atoms with Crippen LogP contribution in [0.3, 0.4) is 0 Å². The number of nitrogens with two attached hydrogens (primary N) is 1. The molecule has 7 nitrogen and oxygen atoms in total. The lowest BCUT2D eigenvalue weighted by Crippen LogP contribution is -2.30. The van der Waals surface area contributed by atoms with E-state index in [4.69, 9.17) is 15.2 Å². The first-order valence-corrected chi connectivity index (χ1v) is 10.8. The number of alkyl halides is 1. The average molecular weight is 457 g/mol. The average Bonchev–Trinajstić information content (AvgIpc) is 3.03. The predicted molar refractivity (Wildman–Crippen MR) is 123 cm³/mol. The van der Waals surface area contributed by atoms with Gasteiger partial charge in [0.15, 0.2) is 6.17 Å². The molecular formula is C25H29FN2O5. The van der Waals surface area contributed by atoms with Crippen LogP contribution < -0.4 is 20.5 Å². The SMILES string of the molecule is CC[C@@H]1[C@H](F)C(=O)N[C@@H]1CCOc1ccc(C#CC(C)(C)O)c2cc(C(N)=O)c(OC)cc12. The van der Waals surface area contributed by atoms with Gasteiger partial charge in [-0.1, -0.05) is 18.8 Å². The minimum Gasteiger partial charge on any atom is -0.496 e. The fourth-order valence-electron chi connectivity index (χ4n) is 4.00. The van der Waals surface area contributed by atoms with Crippen molar-refractivity contribution in [2.24, 2.45) is 11.7 Å². The van der Waals surface area contributed by atoms with Crippen LogP contribution in [0.1, 0.15) is 49.5 Å². The number of rotatable bonds is 7. The number of fused-ring (bicyclic) bond motifs is 1. The smallest absolute Gasteiger partial charge is 0.255 e. The van der Waals surface area contributed by atoms with Crippen LogP contribution in [0.5, 0.6) is 11.5 Å². The molecule has 2 aromatic carbocycles.